The minimum atomic E-state index is -3.82. The van der Waals surface area contributed by atoms with Crippen LogP contribution in [0.1, 0.15) is 43.7 Å². The molecule has 1 atom stereocenters. The van der Waals surface area contributed by atoms with E-state index in [0.717, 1.165) is 36.8 Å². The van der Waals surface area contributed by atoms with Gasteiger partial charge in [-0.05, 0) is 56.9 Å². The highest BCUT2D eigenvalue weighted by molar-refractivity contribution is 7.89. The van der Waals surface area contributed by atoms with Gasteiger partial charge in [0.15, 0.2) is 6.10 Å². The zero-order valence-electron chi connectivity index (χ0n) is 15.4. The number of rotatable bonds is 7. The number of esters is 1. The second-order valence-corrected chi connectivity index (χ2v) is 8.46. The number of ether oxygens (including phenoxy) is 1. The van der Waals surface area contributed by atoms with Gasteiger partial charge in [0.25, 0.3) is 5.91 Å². The average molecular weight is 382 g/mol. The molecule has 1 aromatic carbocycles. The second-order valence-electron chi connectivity index (χ2n) is 6.69. The highest BCUT2D eigenvalue weighted by Gasteiger charge is 2.24. The number of carbonyl (C=O) groups excluding carboxylic acids is 2. The maximum absolute atomic E-state index is 12.3. The van der Waals surface area contributed by atoms with Crippen LogP contribution < -0.4 is 10.0 Å². The molecule has 1 amide bonds. The van der Waals surface area contributed by atoms with Crippen molar-refractivity contribution < 1.29 is 22.7 Å². The fraction of sp³-hybridized carbons (Fsp3) is 0.556. The summed E-state index contributed by atoms with van der Waals surface area (Å²) in [6.07, 6.45) is 3.07. The first-order valence-electron chi connectivity index (χ1n) is 8.76. The Morgan fingerprint density at radius 2 is 1.85 bits per heavy atom. The van der Waals surface area contributed by atoms with E-state index in [1.807, 2.05) is 13.8 Å². The molecule has 2 rings (SSSR count). The molecule has 1 aromatic rings. The molecule has 8 heteroatoms. The van der Waals surface area contributed by atoms with E-state index in [0.29, 0.717) is 0 Å². The van der Waals surface area contributed by atoms with Gasteiger partial charge in [0, 0.05) is 6.04 Å². The third-order valence-electron chi connectivity index (χ3n) is 4.57. The Morgan fingerprint density at radius 1 is 1.19 bits per heavy atom. The fourth-order valence-corrected chi connectivity index (χ4v) is 3.85. The van der Waals surface area contributed by atoms with Crippen LogP contribution in [-0.2, 0) is 24.3 Å². The molecule has 0 bridgehead atoms. The lowest BCUT2D eigenvalue weighted by Gasteiger charge is -2.17. The van der Waals surface area contributed by atoms with Crippen LogP contribution in [0.5, 0.6) is 0 Å². The lowest BCUT2D eigenvalue weighted by Crippen LogP contribution is -2.42. The molecule has 0 heterocycles. The largest absolute Gasteiger partial charge is 0.452 e. The van der Waals surface area contributed by atoms with Crippen molar-refractivity contribution in [1.29, 1.82) is 0 Å². The van der Waals surface area contributed by atoms with E-state index < -0.39 is 28.6 Å². The van der Waals surface area contributed by atoms with Gasteiger partial charge in [-0.3, -0.25) is 9.59 Å². The summed E-state index contributed by atoms with van der Waals surface area (Å²) in [6, 6.07) is 4.86. The summed E-state index contributed by atoms with van der Waals surface area (Å²) in [5.74, 6) is -1.16. The first-order chi connectivity index (χ1) is 12.2. The number of sulfonamides is 1. The van der Waals surface area contributed by atoms with E-state index in [9.17, 15) is 18.0 Å². The normalized spacial score (nSPS) is 16.3. The Balaban J connectivity index is 1.84. The van der Waals surface area contributed by atoms with Crippen LogP contribution in [0.15, 0.2) is 23.1 Å². The number of nitrogens with one attached hydrogen (secondary N) is 2. The van der Waals surface area contributed by atoms with Gasteiger partial charge in [-0.2, -0.15) is 4.72 Å². The van der Waals surface area contributed by atoms with E-state index in [4.69, 9.17) is 4.74 Å². The highest BCUT2D eigenvalue weighted by atomic mass is 32.2. The molecular weight excluding hydrogens is 356 g/mol. The molecule has 1 fully saturated rings. The first kappa shape index (κ1) is 20.4. The van der Waals surface area contributed by atoms with E-state index in [2.05, 4.69) is 10.0 Å². The van der Waals surface area contributed by atoms with Crippen molar-refractivity contribution in [2.45, 2.75) is 63.5 Å². The monoisotopic (exact) mass is 382 g/mol. The molecule has 0 spiro atoms. The second kappa shape index (κ2) is 8.64. The summed E-state index contributed by atoms with van der Waals surface area (Å²) in [5.41, 5.74) is 1.82. The third kappa shape index (κ3) is 5.54. The SMILES string of the molecule is Cc1ccc(S(=O)(=O)NCC(=O)O[C@H](C)C(=O)NC2CCCC2)cc1C. The number of hydrogen-bond donors (Lipinski definition) is 2. The van der Waals surface area contributed by atoms with E-state index in [1.54, 1.807) is 12.1 Å². The molecule has 0 aliphatic heterocycles. The maximum Gasteiger partial charge on any atom is 0.321 e. The molecule has 0 saturated heterocycles. The Kier molecular flexibility index (Phi) is 6.77. The molecular formula is C18H26N2O5S. The summed E-state index contributed by atoms with van der Waals surface area (Å²) in [7, 11) is -3.82. The number of amides is 1. The van der Waals surface area contributed by atoms with Crippen molar-refractivity contribution in [2.24, 2.45) is 0 Å². The molecule has 2 N–H and O–H groups in total. The van der Waals surface area contributed by atoms with Crippen LogP contribution in [0.25, 0.3) is 0 Å². The van der Waals surface area contributed by atoms with Crippen LogP contribution in [0, 0.1) is 13.8 Å². The molecule has 1 aliphatic rings. The van der Waals surface area contributed by atoms with Gasteiger partial charge in [0.2, 0.25) is 10.0 Å². The summed E-state index contributed by atoms with van der Waals surface area (Å²) in [6.45, 7) is 4.64. The van der Waals surface area contributed by atoms with Crippen molar-refractivity contribution in [2.75, 3.05) is 6.54 Å². The van der Waals surface area contributed by atoms with Crippen molar-refractivity contribution in [3.05, 3.63) is 29.3 Å². The highest BCUT2D eigenvalue weighted by Crippen LogP contribution is 2.18. The predicted octanol–water partition coefficient (Wildman–Crippen LogP) is 1.57. The predicted molar refractivity (Wildman–Crippen MR) is 97.1 cm³/mol. The van der Waals surface area contributed by atoms with Crippen LogP contribution in [0.4, 0.5) is 0 Å². The average Bonchev–Trinajstić information content (AvgIpc) is 3.08. The summed E-state index contributed by atoms with van der Waals surface area (Å²) < 4.78 is 31.7. The standard InChI is InChI=1S/C18H26N2O5S/c1-12-8-9-16(10-13(12)2)26(23,24)19-11-17(21)25-14(3)18(22)20-15-6-4-5-7-15/h8-10,14-15,19H,4-7,11H2,1-3H3,(H,20,22)/t14-/m1/s1. The van der Waals surface area contributed by atoms with Gasteiger partial charge in [0.05, 0.1) is 4.90 Å². The smallest absolute Gasteiger partial charge is 0.321 e. The fourth-order valence-electron chi connectivity index (χ4n) is 2.80. The lowest BCUT2D eigenvalue weighted by atomic mass is 10.1. The minimum absolute atomic E-state index is 0.0837. The van der Waals surface area contributed by atoms with Crippen molar-refractivity contribution in [1.82, 2.24) is 10.0 Å². The number of hydrogen-bond acceptors (Lipinski definition) is 5. The summed E-state index contributed by atoms with van der Waals surface area (Å²) in [5, 5.41) is 2.84. The minimum Gasteiger partial charge on any atom is -0.452 e. The summed E-state index contributed by atoms with van der Waals surface area (Å²) >= 11 is 0. The van der Waals surface area contributed by atoms with E-state index >= 15 is 0 Å². The summed E-state index contributed by atoms with van der Waals surface area (Å²) in [4.78, 5) is 23.9. The zero-order valence-corrected chi connectivity index (χ0v) is 16.2. The van der Waals surface area contributed by atoms with Gasteiger partial charge in [-0.15, -0.1) is 0 Å². The zero-order chi connectivity index (χ0) is 19.3. The number of carbonyl (C=O) groups is 2. The number of benzene rings is 1. The Hall–Kier alpha value is -1.93. The van der Waals surface area contributed by atoms with Crippen molar-refractivity contribution in [3.63, 3.8) is 0 Å². The lowest BCUT2D eigenvalue weighted by molar-refractivity contribution is -0.153. The van der Waals surface area contributed by atoms with Gasteiger partial charge < -0.3 is 10.1 Å². The van der Waals surface area contributed by atoms with Gasteiger partial charge in [-0.25, -0.2) is 8.42 Å². The Labute approximate surface area is 154 Å². The molecule has 1 aliphatic carbocycles. The van der Waals surface area contributed by atoms with Crippen LogP contribution in [0.2, 0.25) is 0 Å². The molecule has 7 nitrogen and oxygen atoms in total. The van der Waals surface area contributed by atoms with Gasteiger partial charge in [-0.1, -0.05) is 18.9 Å². The molecule has 0 unspecified atom stereocenters. The molecule has 0 radical (unpaired) electrons. The van der Waals surface area contributed by atoms with E-state index in [1.165, 1.54) is 13.0 Å². The molecule has 1 saturated carbocycles. The maximum atomic E-state index is 12.3. The van der Waals surface area contributed by atoms with Gasteiger partial charge in [0.1, 0.15) is 6.54 Å². The third-order valence-corrected chi connectivity index (χ3v) is 5.97. The first-order valence-corrected chi connectivity index (χ1v) is 10.2. The Morgan fingerprint density at radius 3 is 2.46 bits per heavy atom. The molecule has 26 heavy (non-hydrogen) atoms. The van der Waals surface area contributed by atoms with Crippen LogP contribution in [-0.4, -0.2) is 39.0 Å². The van der Waals surface area contributed by atoms with Crippen molar-refractivity contribution >= 4 is 21.9 Å². The topological polar surface area (TPSA) is 102 Å². The number of aryl methyl sites for hydroxylation is 2. The Bertz CT molecular complexity index is 770. The molecule has 0 aromatic heterocycles. The van der Waals surface area contributed by atoms with Crippen LogP contribution >= 0.6 is 0 Å². The van der Waals surface area contributed by atoms with Gasteiger partial charge >= 0.3 is 5.97 Å². The molecule has 144 valence electrons. The van der Waals surface area contributed by atoms with E-state index in [-0.39, 0.29) is 16.8 Å². The quantitative estimate of drug-likeness (QED) is 0.697. The van der Waals surface area contributed by atoms with Crippen LogP contribution in [0.3, 0.4) is 0 Å². The van der Waals surface area contributed by atoms with Crippen molar-refractivity contribution in [3.8, 4) is 0 Å².